The molecule has 1 saturated heterocycles. The van der Waals surface area contributed by atoms with E-state index in [4.69, 9.17) is 10.00 Å². The van der Waals surface area contributed by atoms with Crippen LogP contribution in [0.25, 0.3) is 11.3 Å². The predicted octanol–water partition coefficient (Wildman–Crippen LogP) is 2.01. The minimum Gasteiger partial charge on any atom is -0.457 e. The zero-order chi connectivity index (χ0) is 15.9. The van der Waals surface area contributed by atoms with Crippen LogP contribution in [-0.2, 0) is 4.79 Å². The number of rotatable bonds is 1. The Hall–Kier alpha value is -3.07. The lowest BCUT2D eigenvalue weighted by atomic mass is 10.0. The fourth-order valence-electron chi connectivity index (χ4n) is 2.98. The van der Waals surface area contributed by atoms with Crippen molar-refractivity contribution in [1.82, 2.24) is 9.88 Å². The van der Waals surface area contributed by atoms with Crippen molar-refractivity contribution in [1.29, 1.82) is 5.26 Å². The molecule has 1 fully saturated rings. The van der Waals surface area contributed by atoms with Gasteiger partial charge in [0.15, 0.2) is 6.19 Å². The molecule has 2 aromatic rings. The third-order valence-electron chi connectivity index (χ3n) is 4.28. The Kier molecular flexibility index (Phi) is 2.95. The number of nitrogens with zero attached hydrogens (tertiary/aromatic N) is 3. The standard InChI is InChI=1S/C17H14N4O2/c18-11-21-9-8-17(16(21)22)10-19-14-7-6-13(20-15(14)23-17)12-4-2-1-3-5-12/h1-7,19H,8-10H2. The maximum absolute atomic E-state index is 12.4. The molecule has 1 atom stereocenters. The molecule has 6 nitrogen and oxygen atoms in total. The molecule has 2 aliphatic rings. The van der Waals surface area contributed by atoms with E-state index >= 15 is 0 Å². The van der Waals surface area contributed by atoms with Gasteiger partial charge in [0.25, 0.3) is 5.91 Å². The Balaban J connectivity index is 1.70. The van der Waals surface area contributed by atoms with Crippen molar-refractivity contribution in [3.05, 3.63) is 42.5 Å². The highest BCUT2D eigenvalue weighted by atomic mass is 16.5. The number of benzene rings is 1. The van der Waals surface area contributed by atoms with E-state index in [-0.39, 0.29) is 5.91 Å². The lowest BCUT2D eigenvalue weighted by Crippen LogP contribution is -2.51. The number of aromatic nitrogens is 1. The molecule has 1 aromatic carbocycles. The number of hydrogen-bond acceptors (Lipinski definition) is 5. The van der Waals surface area contributed by atoms with Crippen molar-refractivity contribution in [3.8, 4) is 23.3 Å². The normalized spacial score (nSPS) is 22.2. The van der Waals surface area contributed by atoms with E-state index in [0.717, 1.165) is 21.8 Å². The molecule has 1 spiro atoms. The monoisotopic (exact) mass is 306 g/mol. The number of likely N-dealkylation sites (tertiary alicyclic amines) is 1. The molecule has 2 aliphatic heterocycles. The summed E-state index contributed by atoms with van der Waals surface area (Å²) in [5, 5.41) is 12.2. The quantitative estimate of drug-likeness (QED) is 0.815. The zero-order valence-electron chi connectivity index (χ0n) is 12.3. The van der Waals surface area contributed by atoms with E-state index in [1.807, 2.05) is 48.7 Å². The van der Waals surface area contributed by atoms with Gasteiger partial charge >= 0.3 is 0 Å². The van der Waals surface area contributed by atoms with Crippen molar-refractivity contribution in [2.24, 2.45) is 0 Å². The van der Waals surface area contributed by atoms with Crippen LogP contribution in [0.15, 0.2) is 42.5 Å². The third-order valence-corrected chi connectivity index (χ3v) is 4.28. The first-order valence-electron chi connectivity index (χ1n) is 7.43. The highest BCUT2D eigenvalue weighted by Crippen LogP contribution is 2.37. The summed E-state index contributed by atoms with van der Waals surface area (Å²) in [5.74, 6) is 0.107. The average molecular weight is 306 g/mol. The lowest BCUT2D eigenvalue weighted by Gasteiger charge is -2.33. The second kappa shape index (κ2) is 4.99. The fourth-order valence-corrected chi connectivity index (χ4v) is 2.98. The molecule has 23 heavy (non-hydrogen) atoms. The molecule has 1 aromatic heterocycles. The van der Waals surface area contributed by atoms with Crippen LogP contribution in [0.5, 0.6) is 5.88 Å². The Morgan fingerprint density at radius 3 is 2.83 bits per heavy atom. The number of nitriles is 1. The first-order chi connectivity index (χ1) is 11.2. The second-order valence-corrected chi connectivity index (χ2v) is 5.67. The minimum absolute atomic E-state index is 0.301. The third kappa shape index (κ3) is 2.09. The molecule has 4 rings (SSSR count). The van der Waals surface area contributed by atoms with Gasteiger partial charge in [-0.25, -0.2) is 9.88 Å². The fraction of sp³-hybridized carbons (Fsp3) is 0.235. The lowest BCUT2D eigenvalue weighted by molar-refractivity contribution is -0.138. The maximum atomic E-state index is 12.4. The van der Waals surface area contributed by atoms with Crippen LogP contribution in [0, 0.1) is 11.5 Å². The topological polar surface area (TPSA) is 78.2 Å². The van der Waals surface area contributed by atoms with Gasteiger partial charge in [0.05, 0.1) is 17.9 Å². The summed E-state index contributed by atoms with van der Waals surface area (Å²) in [5.41, 5.74) is 1.50. The molecule has 0 radical (unpaired) electrons. The molecule has 0 saturated carbocycles. The largest absolute Gasteiger partial charge is 0.457 e. The van der Waals surface area contributed by atoms with Gasteiger partial charge in [-0.2, -0.15) is 5.26 Å². The van der Waals surface area contributed by atoms with E-state index in [9.17, 15) is 4.79 Å². The van der Waals surface area contributed by atoms with Gasteiger partial charge < -0.3 is 10.1 Å². The van der Waals surface area contributed by atoms with Crippen molar-refractivity contribution >= 4 is 11.6 Å². The smallest absolute Gasteiger partial charge is 0.281 e. The second-order valence-electron chi connectivity index (χ2n) is 5.67. The summed E-state index contributed by atoms with van der Waals surface area (Å²) in [6, 6.07) is 13.6. The SMILES string of the molecule is N#CN1CCC2(CNc3ccc(-c4ccccc4)nc3O2)C1=O. The molecule has 1 N–H and O–H groups in total. The summed E-state index contributed by atoms with van der Waals surface area (Å²) in [6.07, 6.45) is 2.38. The van der Waals surface area contributed by atoms with Crippen LogP contribution < -0.4 is 10.1 Å². The van der Waals surface area contributed by atoms with E-state index in [1.54, 1.807) is 0 Å². The molecule has 0 bridgehead atoms. The molecule has 1 amide bonds. The zero-order valence-corrected chi connectivity index (χ0v) is 12.3. The Bertz CT molecular complexity index is 815. The summed E-state index contributed by atoms with van der Waals surface area (Å²) in [4.78, 5) is 18.1. The van der Waals surface area contributed by atoms with Crippen LogP contribution in [0.4, 0.5) is 5.69 Å². The summed E-state index contributed by atoms with van der Waals surface area (Å²) >= 11 is 0. The maximum Gasteiger partial charge on any atom is 0.281 e. The van der Waals surface area contributed by atoms with Crippen LogP contribution >= 0.6 is 0 Å². The summed E-state index contributed by atoms with van der Waals surface area (Å²) in [6.45, 7) is 0.730. The number of carbonyl (C=O) groups is 1. The number of ether oxygens (including phenoxy) is 1. The molecule has 114 valence electrons. The number of hydrogen-bond donors (Lipinski definition) is 1. The highest BCUT2D eigenvalue weighted by Gasteiger charge is 2.51. The van der Waals surface area contributed by atoms with Gasteiger partial charge in [0.1, 0.15) is 0 Å². The average Bonchev–Trinajstić information content (AvgIpc) is 2.91. The number of anilines is 1. The van der Waals surface area contributed by atoms with Gasteiger partial charge in [0, 0.05) is 18.5 Å². The first kappa shape index (κ1) is 13.6. The van der Waals surface area contributed by atoms with Crippen molar-refractivity contribution in [3.63, 3.8) is 0 Å². The van der Waals surface area contributed by atoms with E-state index in [0.29, 0.717) is 25.4 Å². The Labute approximate surface area is 133 Å². The van der Waals surface area contributed by atoms with Crippen LogP contribution in [0.2, 0.25) is 0 Å². The van der Waals surface area contributed by atoms with Crippen molar-refractivity contribution < 1.29 is 9.53 Å². The number of nitrogens with one attached hydrogen (secondary N) is 1. The Morgan fingerprint density at radius 2 is 2.09 bits per heavy atom. The highest BCUT2D eigenvalue weighted by molar-refractivity contribution is 5.90. The van der Waals surface area contributed by atoms with Gasteiger partial charge in [-0.1, -0.05) is 30.3 Å². The number of pyridine rings is 1. The van der Waals surface area contributed by atoms with Crippen molar-refractivity contribution in [2.45, 2.75) is 12.0 Å². The van der Waals surface area contributed by atoms with Gasteiger partial charge in [0.2, 0.25) is 11.5 Å². The number of amides is 1. The van der Waals surface area contributed by atoms with Gasteiger partial charge in [-0.3, -0.25) is 4.79 Å². The van der Waals surface area contributed by atoms with Crippen LogP contribution in [0.1, 0.15) is 6.42 Å². The van der Waals surface area contributed by atoms with Gasteiger partial charge in [-0.05, 0) is 12.1 Å². The summed E-state index contributed by atoms with van der Waals surface area (Å²) < 4.78 is 5.97. The molecule has 1 unspecified atom stereocenters. The van der Waals surface area contributed by atoms with Crippen molar-refractivity contribution in [2.75, 3.05) is 18.4 Å². The van der Waals surface area contributed by atoms with E-state index in [2.05, 4.69) is 10.3 Å². The Morgan fingerprint density at radius 1 is 1.26 bits per heavy atom. The van der Waals surface area contributed by atoms with Gasteiger partial charge in [-0.15, -0.1) is 0 Å². The number of fused-ring (bicyclic) bond motifs is 1. The minimum atomic E-state index is -1.02. The molecule has 0 aliphatic carbocycles. The number of carbonyl (C=O) groups excluding carboxylic acids is 1. The summed E-state index contributed by atoms with van der Waals surface area (Å²) in [7, 11) is 0. The molecule has 3 heterocycles. The van der Waals surface area contributed by atoms with Crippen LogP contribution in [0.3, 0.4) is 0 Å². The van der Waals surface area contributed by atoms with E-state index in [1.165, 1.54) is 0 Å². The first-order valence-corrected chi connectivity index (χ1v) is 7.43. The van der Waals surface area contributed by atoms with E-state index < -0.39 is 5.60 Å². The molecular weight excluding hydrogens is 292 g/mol. The predicted molar refractivity (Wildman–Crippen MR) is 83.5 cm³/mol. The molecule has 6 heteroatoms. The molecular formula is C17H14N4O2. The van der Waals surface area contributed by atoms with Crippen LogP contribution in [-0.4, -0.2) is 34.5 Å².